The Labute approximate surface area is 169 Å². The highest BCUT2D eigenvalue weighted by Crippen LogP contribution is 2.30. The molecule has 2 aromatic rings. The maximum absolute atomic E-state index is 12.7. The number of phenols is 1. The van der Waals surface area contributed by atoms with Gasteiger partial charge >= 0.3 is 0 Å². The summed E-state index contributed by atoms with van der Waals surface area (Å²) in [5, 5.41) is 17.2. The molecule has 2 aliphatic rings. The predicted octanol–water partition coefficient (Wildman–Crippen LogP) is 3.44. The number of carbonyl (C=O) groups is 2. The number of hydrazone groups is 1. The van der Waals surface area contributed by atoms with Crippen LogP contribution in [0.3, 0.4) is 0 Å². The Bertz CT molecular complexity index is 970. The second kappa shape index (κ2) is 8.11. The maximum atomic E-state index is 12.7. The molecule has 7 nitrogen and oxygen atoms in total. The van der Waals surface area contributed by atoms with Crippen LogP contribution in [0, 0.1) is 6.92 Å². The number of aromatic hydroxyl groups is 1. The molecule has 1 saturated carbocycles. The van der Waals surface area contributed by atoms with Crippen molar-refractivity contribution in [3.63, 3.8) is 0 Å². The van der Waals surface area contributed by atoms with Gasteiger partial charge in [0.1, 0.15) is 11.5 Å². The quantitative estimate of drug-likeness (QED) is 0.690. The molecule has 1 heterocycles. The molecule has 0 aliphatic heterocycles. The number of hydrogen-bond acceptors (Lipinski definition) is 5. The van der Waals surface area contributed by atoms with E-state index >= 15 is 0 Å². The van der Waals surface area contributed by atoms with Gasteiger partial charge in [-0.1, -0.05) is 25.0 Å². The molecule has 0 unspecified atom stereocenters. The molecule has 4 rings (SSSR count). The Hall–Kier alpha value is -3.09. The van der Waals surface area contributed by atoms with Crippen molar-refractivity contribution >= 4 is 17.5 Å². The van der Waals surface area contributed by atoms with E-state index in [0.29, 0.717) is 17.9 Å². The van der Waals surface area contributed by atoms with Gasteiger partial charge in [0.15, 0.2) is 5.76 Å². The van der Waals surface area contributed by atoms with Crippen LogP contribution in [-0.4, -0.2) is 28.7 Å². The summed E-state index contributed by atoms with van der Waals surface area (Å²) in [4.78, 5) is 25.0. The first-order valence-corrected chi connectivity index (χ1v) is 10.1. The molecule has 2 aliphatic carbocycles. The number of carbonyl (C=O) groups excluding carboxylic acids is 2. The number of phenolic OH excluding ortho intramolecular Hbond substituents is 1. The summed E-state index contributed by atoms with van der Waals surface area (Å²) in [6.45, 7) is 1.86. The average molecular weight is 395 g/mol. The number of amides is 2. The normalized spacial score (nSPS) is 17.9. The molecule has 1 aromatic carbocycles. The van der Waals surface area contributed by atoms with E-state index in [0.717, 1.165) is 55.4 Å². The van der Waals surface area contributed by atoms with E-state index in [4.69, 9.17) is 4.42 Å². The minimum absolute atomic E-state index is 0.0973. The summed E-state index contributed by atoms with van der Waals surface area (Å²) in [6, 6.07) is 6.53. The van der Waals surface area contributed by atoms with Gasteiger partial charge in [0, 0.05) is 23.6 Å². The molecule has 0 radical (unpaired) electrons. The third kappa shape index (κ3) is 3.90. The number of nitrogens with one attached hydrogen (secondary N) is 2. The molecule has 3 N–H and O–H groups in total. The molecule has 1 aromatic heterocycles. The average Bonchev–Trinajstić information content (AvgIpc) is 3.34. The van der Waals surface area contributed by atoms with Crippen LogP contribution in [0.2, 0.25) is 0 Å². The fourth-order valence-electron chi connectivity index (χ4n) is 4.16. The first kappa shape index (κ1) is 19.2. The highest BCUT2D eigenvalue weighted by Gasteiger charge is 2.29. The number of nitrogens with zero attached hydrogens (tertiary/aromatic N) is 1. The fourth-order valence-corrected chi connectivity index (χ4v) is 4.16. The van der Waals surface area contributed by atoms with Gasteiger partial charge < -0.3 is 14.8 Å². The lowest BCUT2D eigenvalue weighted by molar-refractivity contribution is 0.0905. The summed E-state index contributed by atoms with van der Waals surface area (Å²) in [6.07, 6.45) is 6.55. The first-order chi connectivity index (χ1) is 14.0. The number of furan rings is 1. The Morgan fingerprint density at radius 3 is 2.62 bits per heavy atom. The monoisotopic (exact) mass is 395 g/mol. The number of rotatable bonds is 4. The van der Waals surface area contributed by atoms with E-state index in [1.165, 1.54) is 12.1 Å². The summed E-state index contributed by atoms with van der Waals surface area (Å²) in [5.74, 6) is 0.314. The van der Waals surface area contributed by atoms with Crippen LogP contribution in [0.4, 0.5) is 0 Å². The SMILES string of the molecule is Cc1c(C(=O)NC2CCCC2)oc2c1/C(=N/NC(=O)c1ccccc1O)CCC2. The first-order valence-electron chi connectivity index (χ1n) is 10.1. The predicted molar refractivity (Wildman–Crippen MR) is 108 cm³/mol. The van der Waals surface area contributed by atoms with Gasteiger partial charge in [-0.3, -0.25) is 9.59 Å². The highest BCUT2D eigenvalue weighted by atomic mass is 16.4. The Morgan fingerprint density at radius 1 is 1.10 bits per heavy atom. The van der Waals surface area contributed by atoms with Gasteiger partial charge in [0.2, 0.25) is 0 Å². The molecule has 152 valence electrons. The minimum Gasteiger partial charge on any atom is -0.507 e. The molecule has 0 spiro atoms. The van der Waals surface area contributed by atoms with E-state index in [1.54, 1.807) is 12.1 Å². The van der Waals surface area contributed by atoms with E-state index in [1.807, 2.05) is 6.92 Å². The van der Waals surface area contributed by atoms with Crippen LogP contribution in [0.1, 0.15) is 76.3 Å². The lowest BCUT2D eigenvalue weighted by Crippen LogP contribution is -2.32. The summed E-state index contributed by atoms with van der Waals surface area (Å²) in [5.41, 5.74) is 4.94. The van der Waals surface area contributed by atoms with Crippen molar-refractivity contribution in [3.05, 3.63) is 52.5 Å². The molecule has 0 saturated heterocycles. The van der Waals surface area contributed by atoms with Crippen LogP contribution in [-0.2, 0) is 6.42 Å². The molecule has 0 bridgehead atoms. The largest absolute Gasteiger partial charge is 0.507 e. The zero-order valence-electron chi connectivity index (χ0n) is 16.5. The number of hydrogen-bond donors (Lipinski definition) is 3. The molecule has 0 atom stereocenters. The standard InChI is InChI=1S/C22H25N3O4/c1-13-19-16(24-25-21(27)15-9-4-5-11-17(15)26)10-6-12-18(19)29-20(13)22(28)23-14-7-2-3-8-14/h4-5,9,11,14,26H,2-3,6-8,10,12H2,1H3,(H,23,28)(H,25,27)/b24-16+. The van der Waals surface area contributed by atoms with E-state index in [-0.39, 0.29) is 23.3 Å². The van der Waals surface area contributed by atoms with Crippen molar-refractivity contribution < 1.29 is 19.1 Å². The number of para-hydroxylation sites is 1. The zero-order chi connectivity index (χ0) is 20.4. The topological polar surface area (TPSA) is 104 Å². The molecular weight excluding hydrogens is 370 g/mol. The summed E-state index contributed by atoms with van der Waals surface area (Å²) in [7, 11) is 0. The minimum atomic E-state index is -0.483. The molecule has 29 heavy (non-hydrogen) atoms. The van der Waals surface area contributed by atoms with Gasteiger partial charge in [-0.25, -0.2) is 5.43 Å². The third-order valence-corrected chi connectivity index (χ3v) is 5.66. The number of benzene rings is 1. The van der Waals surface area contributed by atoms with E-state index in [2.05, 4.69) is 15.8 Å². The van der Waals surface area contributed by atoms with Crippen molar-refractivity contribution in [1.29, 1.82) is 0 Å². The van der Waals surface area contributed by atoms with Gasteiger partial charge in [-0.15, -0.1) is 0 Å². The lowest BCUT2D eigenvalue weighted by Gasteiger charge is -2.13. The van der Waals surface area contributed by atoms with Crippen molar-refractivity contribution in [1.82, 2.24) is 10.7 Å². The van der Waals surface area contributed by atoms with Crippen molar-refractivity contribution in [2.24, 2.45) is 5.10 Å². The van der Waals surface area contributed by atoms with Crippen molar-refractivity contribution in [2.45, 2.75) is 57.9 Å². The zero-order valence-corrected chi connectivity index (χ0v) is 16.5. The van der Waals surface area contributed by atoms with Gasteiger partial charge in [0.05, 0.1) is 11.3 Å². The molecule has 1 fully saturated rings. The van der Waals surface area contributed by atoms with Crippen LogP contribution >= 0.6 is 0 Å². The van der Waals surface area contributed by atoms with Gasteiger partial charge in [-0.05, 0) is 44.7 Å². The van der Waals surface area contributed by atoms with E-state index in [9.17, 15) is 14.7 Å². The lowest BCUT2D eigenvalue weighted by atomic mass is 9.93. The fraction of sp³-hybridized carbons (Fsp3) is 0.409. The van der Waals surface area contributed by atoms with Crippen LogP contribution in [0.15, 0.2) is 33.8 Å². The van der Waals surface area contributed by atoms with E-state index < -0.39 is 5.91 Å². The Balaban J connectivity index is 1.55. The second-order valence-corrected chi connectivity index (χ2v) is 7.68. The third-order valence-electron chi connectivity index (χ3n) is 5.66. The molecule has 7 heteroatoms. The smallest absolute Gasteiger partial charge is 0.287 e. The van der Waals surface area contributed by atoms with Gasteiger partial charge in [0.25, 0.3) is 11.8 Å². The molecular formula is C22H25N3O4. The van der Waals surface area contributed by atoms with Gasteiger partial charge in [-0.2, -0.15) is 5.10 Å². The van der Waals surface area contributed by atoms with Crippen LogP contribution in [0.5, 0.6) is 5.75 Å². The Morgan fingerprint density at radius 2 is 1.86 bits per heavy atom. The second-order valence-electron chi connectivity index (χ2n) is 7.68. The maximum Gasteiger partial charge on any atom is 0.287 e. The van der Waals surface area contributed by atoms with Crippen molar-refractivity contribution in [2.75, 3.05) is 0 Å². The summed E-state index contributed by atoms with van der Waals surface area (Å²) < 4.78 is 5.90. The van der Waals surface area contributed by atoms with Crippen LogP contribution < -0.4 is 10.7 Å². The van der Waals surface area contributed by atoms with Crippen molar-refractivity contribution in [3.8, 4) is 5.75 Å². The highest BCUT2D eigenvalue weighted by molar-refractivity contribution is 6.07. The summed E-state index contributed by atoms with van der Waals surface area (Å²) >= 11 is 0. The number of fused-ring (bicyclic) bond motifs is 1. The Kier molecular flexibility index (Phi) is 5.38. The number of aryl methyl sites for hydroxylation is 1. The van der Waals surface area contributed by atoms with Crippen LogP contribution in [0.25, 0.3) is 0 Å². The molecule has 2 amide bonds.